The minimum Gasteiger partial charge on any atom is -0.462 e. The first kappa shape index (κ1) is 62.8. The van der Waals surface area contributed by atoms with Gasteiger partial charge in [-0.15, -0.1) is 0 Å². The summed E-state index contributed by atoms with van der Waals surface area (Å²) in [5.41, 5.74) is 0. The summed E-state index contributed by atoms with van der Waals surface area (Å²) >= 11 is 0. The van der Waals surface area contributed by atoms with Gasteiger partial charge in [0.2, 0.25) is 5.91 Å². The molecule has 65 heavy (non-hydrogen) atoms. The number of aliphatic hydroxyl groups excluding tert-OH is 2. The summed E-state index contributed by atoms with van der Waals surface area (Å²) in [5, 5.41) is 23.8. The Labute approximate surface area is 404 Å². The molecule has 1 amide bonds. The summed E-state index contributed by atoms with van der Waals surface area (Å²) in [4.78, 5) is 26.2. The number of hydrogen-bond donors (Lipinski definition) is 3. The van der Waals surface area contributed by atoms with Gasteiger partial charge in [-0.3, -0.25) is 9.59 Å². The molecule has 0 aromatic carbocycles. The van der Waals surface area contributed by atoms with Gasteiger partial charge in [-0.25, -0.2) is 0 Å². The van der Waals surface area contributed by atoms with Gasteiger partial charge in [0, 0.05) is 6.42 Å². The average molecular weight is 913 g/mol. The molecule has 0 aliphatic rings. The number of allylic oxidation sites excluding steroid dienone is 8. The SMILES string of the molecule is CCCCCCC/C=C/C=C/C=C/CCCCCCCC(=O)OC(CCC/C=C\CCCCCCCC)CC(=O)NC(CO)C(O)CCCCCCCCCCCCCCCCCCC. The van der Waals surface area contributed by atoms with E-state index in [1.165, 1.54) is 167 Å². The Balaban J connectivity index is 4.51. The molecule has 0 aliphatic heterocycles. The quantitative estimate of drug-likeness (QED) is 0.0245. The predicted octanol–water partition coefficient (Wildman–Crippen LogP) is 17.4. The van der Waals surface area contributed by atoms with Crippen LogP contribution in [0.4, 0.5) is 0 Å². The van der Waals surface area contributed by atoms with Crippen LogP contribution in [0.15, 0.2) is 48.6 Å². The standard InChI is InChI=1S/C59H109NO5/c1-4-7-10-13-16-19-22-24-26-28-30-32-34-37-40-43-46-49-52-59(64)65-55(50-47-44-41-38-35-21-18-15-12-9-6-3)53-58(63)60-56(54-61)57(62)51-48-45-42-39-36-33-31-29-27-25-23-20-17-14-11-8-5-2/h22,24,26,28,30,32,38,41,55-57,61-62H,4-21,23,25,27,29,31,33-37,39-40,42-54H2,1-3H3,(H,60,63)/b24-22+,28-26+,32-30+,41-38-. The van der Waals surface area contributed by atoms with Gasteiger partial charge in [0.05, 0.1) is 25.2 Å². The Bertz CT molecular complexity index is 1110. The van der Waals surface area contributed by atoms with Crippen molar-refractivity contribution in [1.82, 2.24) is 5.32 Å². The van der Waals surface area contributed by atoms with Crippen molar-refractivity contribution in [2.24, 2.45) is 0 Å². The molecule has 0 saturated carbocycles. The van der Waals surface area contributed by atoms with Gasteiger partial charge in [0.1, 0.15) is 6.10 Å². The van der Waals surface area contributed by atoms with Crippen LogP contribution in [0.25, 0.3) is 0 Å². The number of hydrogen-bond acceptors (Lipinski definition) is 5. The summed E-state index contributed by atoms with van der Waals surface area (Å²) in [6.45, 7) is 6.47. The van der Waals surface area contributed by atoms with E-state index in [-0.39, 0.29) is 24.9 Å². The molecule has 6 heteroatoms. The number of esters is 1. The van der Waals surface area contributed by atoms with Crippen LogP contribution in [-0.4, -0.2) is 46.9 Å². The van der Waals surface area contributed by atoms with Crippen molar-refractivity contribution in [2.75, 3.05) is 6.61 Å². The van der Waals surface area contributed by atoms with Crippen molar-refractivity contribution < 1.29 is 24.5 Å². The van der Waals surface area contributed by atoms with Crippen LogP contribution in [0.2, 0.25) is 0 Å². The molecule has 0 aromatic rings. The zero-order valence-corrected chi connectivity index (χ0v) is 43.4. The molecule has 0 heterocycles. The maximum atomic E-state index is 13.2. The van der Waals surface area contributed by atoms with E-state index < -0.39 is 18.2 Å². The molecule has 6 nitrogen and oxygen atoms in total. The number of ether oxygens (including phenoxy) is 1. The number of carbonyl (C=O) groups excluding carboxylic acids is 2. The monoisotopic (exact) mass is 912 g/mol. The topological polar surface area (TPSA) is 95.9 Å². The van der Waals surface area contributed by atoms with Gasteiger partial charge in [-0.1, -0.05) is 256 Å². The molecule has 3 atom stereocenters. The maximum absolute atomic E-state index is 13.2. The highest BCUT2D eigenvalue weighted by molar-refractivity contribution is 5.77. The van der Waals surface area contributed by atoms with Gasteiger partial charge >= 0.3 is 5.97 Å². The summed E-state index contributed by atoms with van der Waals surface area (Å²) in [6.07, 6.45) is 64.6. The average Bonchev–Trinajstić information content (AvgIpc) is 3.30. The molecule has 3 unspecified atom stereocenters. The Morgan fingerprint density at radius 2 is 0.815 bits per heavy atom. The van der Waals surface area contributed by atoms with E-state index in [0.29, 0.717) is 19.3 Å². The Morgan fingerprint density at radius 3 is 1.25 bits per heavy atom. The van der Waals surface area contributed by atoms with Crippen LogP contribution in [0.1, 0.15) is 290 Å². The fourth-order valence-electron chi connectivity index (χ4n) is 8.61. The minimum atomic E-state index is -0.798. The van der Waals surface area contributed by atoms with Crippen LogP contribution in [0.3, 0.4) is 0 Å². The second kappa shape index (κ2) is 52.8. The van der Waals surface area contributed by atoms with E-state index in [1.807, 2.05) is 0 Å². The fourth-order valence-corrected chi connectivity index (χ4v) is 8.61. The summed E-state index contributed by atoms with van der Waals surface area (Å²) in [6, 6.07) is -0.714. The van der Waals surface area contributed by atoms with E-state index in [4.69, 9.17) is 4.74 Å². The molecule has 0 aliphatic carbocycles. The third-order valence-corrected chi connectivity index (χ3v) is 12.9. The molecule has 0 aromatic heterocycles. The minimum absolute atomic E-state index is 0.0493. The molecular weight excluding hydrogens is 803 g/mol. The van der Waals surface area contributed by atoms with E-state index in [0.717, 1.165) is 77.0 Å². The molecule has 0 bridgehead atoms. The molecule has 3 N–H and O–H groups in total. The highest BCUT2D eigenvalue weighted by Gasteiger charge is 2.24. The number of amides is 1. The van der Waals surface area contributed by atoms with Gasteiger partial charge < -0.3 is 20.3 Å². The van der Waals surface area contributed by atoms with Crippen molar-refractivity contribution in [3.8, 4) is 0 Å². The molecule has 0 rings (SSSR count). The largest absolute Gasteiger partial charge is 0.462 e. The first-order valence-corrected chi connectivity index (χ1v) is 28.4. The van der Waals surface area contributed by atoms with Crippen molar-refractivity contribution in [2.45, 2.75) is 309 Å². The third kappa shape index (κ3) is 48.1. The Kier molecular flexibility index (Phi) is 51.0. The smallest absolute Gasteiger partial charge is 0.306 e. The third-order valence-electron chi connectivity index (χ3n) is 12.9. The molecule has 0 spiro atoms. The zero-order chi connectivity index (χ0) is 47.4. The number of unbranched alkanes of at least 4 members (excludes halogenated alkanes) is 33. The number of rotatable bonds is 51. The highest BCUT2D eigenvalue weighted by Crippen LogP contribution is 2.18. The van der Waals surface area contributed by atoms with Gasteiger partial charge in [-0.2, -0.15) is 0 Å². The van der Waals surface area contributed by atoms with E-state index in [9.17, 15) is 19.8 Å². The van der Waals surface area contributed by atoms with Crippen molar-refractivity contribution in [3.05, 3.63) is 48.6 Å². The number of carbonyl (C=O) groups is 2. The van der Waals surface area contributed by atoms with Gasteiger partial charge in [0.15, 0.2) is 0 Å². The Morgan fingerprint density at radius 1 is 0.446 bits per heavy atom. The number of nitrogens with one attached hydrogen (secondary N) is 1. The molecule has 0 saturated heterocycles. The molecule has 0 radical (unpaired) electrons. The maximum Gasteiger partial charge on any atom is 0.306 e. The van der Waals surface area contributed by atoms with Crippen molar-refractivity contribution in [1.29, 1.82) is 0 Å². The molecule has 0 fully saturated rings. The lowest BCUT2D eigenvalue weighted by Gasteiger charge is -2.24. The highest BCUT2D eigenvalue weighted by atomic mass is 16.5. The second-order valence-electron chi connectivity index (χ2n) is 19.4. The summed E-state index contributed by atoms with van der Waals surface area (Å²) < 4.78 is 5.92. The zero-order valence-electron chi connectivity index (χ0n) is 43.4. The second-order valence-corrected chi connectivity index (χ2v) is 19.4. The van der Waals surface area contributed by atoms with E-state index >= 15 is 0 Å². The van der Waals surface area contributed by atoms with Gasteiger partial charge in [-0.05, 0) is 70.6 Å². The normalized spacial score (nSPS) is 13.5. The van der Waals surface area contributed by atoms with E-state index in [2.05, 4.69) is 74.7 Å². The summed E-state index contributed by atoms with van der Waals surface area (Å²) in [5.74, 6) is -0.518. The van der Waals surface area contributed by atoms with Crippen LogP contribution in [0, 0.1) is 0 Å². The lowest BCUT2D eigenvalue weighted by atomic mass is 10.0. The van der Waals surface area contributed by atoms with Crippen LogP contribution in [0.5, 0.6) is 0 Å². The van der Waals surface area contributed by atoms with Crippen LogP contribution >= 0.6 is 0 Å². The van der Waals surface area contributed by atoms with Crippen molar-refractivity contribution >= 4 is 11.9 Å². The van der Waals surface area contributed by atoms with Gasteiger partial charge in [0.25, 0.3) is 0 Å². The first-order valence-electron chi connectivity index (χ1n) is 28.4. The first-order chi connectivity index (χ1) is 32.0. The molecule has 380 valence electrons. The van der Waals surface area contributed by atoms with Crippen LogP contribution in [-0.2, 0) is 14.3 Å². The number of aliphatic hydroxyl groups is 2. The lowest BCUT2D eigenvalue weighted by Crippen LogP contribution is -2.46. The van der Waals surface area contributed by atoms with E-state index in [1.54, 1.807) is 0 Å². The molecular formula is C59H109NO5. The lowest BCUT2D eigenvalue weighted by molar-refractivity contribution is -0.151. The predicted molar refractivity (Wildman–Crippen MR) is 282 cm³/mol. The van der Waals surface area contributed by atoms with Crippen LogP contribution < -0.4 is 5.32 Å². The fraction of sp³-hybridized carbons (Fsp3) is 0.831. The summed E-state index contributed by atoms with van der Waals surface area (Å²) in [7, 11) is 0. The Hall–Kier alpha value is -2.18. The van der Waals surface area contributed by atoms with Crippen molar-refractivity contribution in [3.63, 3.8) is 0 Å².